The maximum atomic E-state index is 5.59. The van der Waals surface area contributed by atoms with E-state index in [9.17, 15) is 0 Å². The van der Waals surface area contributed by atoms with E-state index in [0.29, 0.717) is 12.5 Å². The summed E-state index contributed by atoms with van der Waals surface area (Å²) in [6, 6.07) is 0. The molecule has 0 fully saturated rings. The quantitative estimate of drug-likeness (QED) is 0.862. The fraction of sp³-hybridized carbons (Fsp3) is 0.625. The van der Waals surface area contributed by atoms with E-state index in [4.69, 9.17) is 5.73 Å². The first-order chi connectivity index (χ1) is 5.70. The van der Waals surface area contributed by atoms with Gasteiger partial charge in [-0.1, -0.05) is 6.92 Å². The molecule has 2 N–H and O–H groups in total. The van der Waals surface area contributed by atoms with Crippen LogP contribution in [0.15, 0.2) is 10.7 Å². The molecule has 1 heterocycles. The van der Waals surface area contributed by atoms with E-state index in [1.165, 1.54) is 5.69 Å². The van der Waals surface area contributed by atoms with Crippen LogP contribution in [0.1, 0.15) is 25.5 Å². The Morgan fingerprint density at radius 1 is 1.75 bits per heavy atom. The second-order valence-corrected chi connectivity index (χ2v) is 3.68. The molecule has 0 radical (unpaired) electrons. The lowest BCUT2D eigenvalue weighted by Gasteiger charge is -2.11. The molecular formula is C8H14BrN3. The van der Waals surface area contributed by atoms with E-state index < -0.39 is 0 Å². The van der Waals surface area contributed by atoms with Crippen LogP contribution in [-0.2, 0) is 6.54 Å². The highest BCUT2D eigenvalue weighted by Crippen LogP contribution is 2.23. The molecule has 12 heavy (non-hydrogen) atoms. The highest BCUT2D eigenvalue weighted by molar-refractivity contribution is 9.10. The molecule has 0 amide bonds. The predicted molar refractivity (Wildman–Crippen MR) is 53.1 cm³/mol. The Morgan fingerprint density at radius 3 is 2.92 bits per heavy atom. The minimum atomic E-state index is 0.363. The zero-order valence-corrected chi connectivity index (χ0v) is 9.00. The van der Waals surface area contributed by atoms with Gasteiger partial charge in [0.1, 0.15) is 0 Å². The van der Waals surface area contributed by atoms with Gasteiger partial charge in [-0.25, -0.2) is 0 Å². The minimum Gasteiger partial charge on any atom is -0.330 e. The minimum absolute atomic E-state index is 0.363. The van der Waals surface area contributed by atoms with E-state index in [-0.39, 0.29) is 0 Å². The largest absolute Gasteiger partial charge is 0.330 e. The molecule has 0 aromatic carbocycles. The number of rotatable bonds is 3. The Kier molecular flexibility index (Phi) is 3.29. The van der Waals surface area contributed by atoms with Crippen molar-refractivity contribution in [3.63, 3.8) is 0 Å². The SMILES string of the molecule is CCn1ncc(Br)c1C(C)CN. The summed E-state index contributed by atoms with van der Waals surface area (Å²) < 4.78 is 3.03. The number of nitrogens with two attached hydrogens (primary N) is 1. The Bertz CT molecular complexity index is 257. The summed E-state index contributed by atoms with van der Waals surface area (Å²) in [7, 11) is 0. The van der Waals surface area contributed by atoms with Crippen LogP contribution in [0.25, 0.3) is 0 Å². The van der Waals surface area contributed by atoms with Gasteiger partial charge in [0.2, 0.25) is 0 Å². The zero-order chi connectivity index (χ0) is 9.14. The molecule has 0 saturated heterocycles. The molecule has 1 unspecified atom stereocenters. The first kappa shape index (κ1) is 9.74. The van der Waals surface area contributed by atoms with Gasteiger partial charge in [-0.15, -0.1) is 0 Å². The van der Waals surface area contributed by atoms with Gasteiger partial charge in [0, 0.05) is 19.0 Å². The van der Waals surface area contributed by atoms with Crippen molar-refractivity contribution < 1.29 is 0 Å². The molecule has 0 aliphatic rings. The normalized spacial score (nSPS) is 13.3. The van der Waals surface area contributed by atoms with Crippen molar-refractivity contribution in [3.05, 3.63) is 16.4 Å². The first-order valence-corrected chi connectivity index (χ1v) is 4.91. The molecule has 0 bridgehead atoms. The third-order valence-corrected chi connectivity index (χ3v) is 2.56. The van der Waals surface area contributed by atoms with E-state index >= 15 is 0 Å². The Morgan fingerprint density at radius 2 is 2.42 bits per heavy atom. The van der Waals surface area contributed by atoms with E-state index in [2.05, 4.69) is 34.9 Å². The number of nitrogens with zero attached hydrogens (tertiary/aromatic N) is 2. The van der Waals surface area contributed by atoms with E-state index in [1.807, 2.05) is 10.9 Å². The van der Waals surface area contributed by atoms with Gasteiger partial charge in [0.25, 0.3) is 0 Å². The highest BCUT2D eigenvalue weighted by atomic mass is 79.9. The summed E-state index contributed by atoms with van der Waals surface area (Å²) in [5.41, 5.74) is 6.79. The maximum Gasteiger partial charge on any atom is 0.0635 e. The van der Waals surface area contributed by atoms with Gasteiger partial charge in [-0.2, -0.15) is 5.10 Å². The van der Waals surface area contributed by atoms with Gasteiger partial charge in [0.15, 0.2) is 0 Å². The topological polar surface area (TPSA) is 43.8 Å². The van der Waals surface area contributed by atoms with Crippen LogP contribution >= 0.6 is 15.9 Å². The number of aryl methyl sites for hydroxylation is 1. The van der Waals surface area contributed by atoms with Crippen molar-refractivity contribution in [1.29, 1.82) is 0 Å². The van der Waals surface area contributed by atoms with Gasteiger partial charge >= 0.3 is 0 Å². The summed E-state index contributed by atoms with van der Waals surface area (Å²) in [6.07, 6.45) is 1.82. The lowest BCUT2D eigenvalue weighted by atomic mass is 10.1. The molecule has 1 aromatic heterocycles. The van der Waals surface area contributed by atoms with Gasteiger partial charge in [-0.05, 0) is 22.9 Å². The van der Waals surface area contributed by atoms with Crippen LogP contribution in [-0.4, -0.2) is 16.3 Å². The van der Waals surface area contributed by atoms with E-state index in [1.54, 1.807) is 0 Å². The van der Waals surface area contributed by atoms with E-state index in [0.717, 1.165) is 11.0 Å². The number of hydrogen-bond acceptors (Lipinski definition) is 2. The summed E-state index contributed by atoms with van der Waals surface area (Å²) >= 11 is 3.46. The lowest BCUT2D eigenvalue weighted by Crippen LogP contribution is -2.14. The average molecular weight is 232 g/mol. The fourth-order valence-corrected chi connectivity index (χ4v) is 1.91. The molecule has 1 rings (SSSR count). The maximum absolute atomic E-state index is 5.59. The molecule has 68 valence electrons. The molecule has 4 heteroatoms. The molecule has 0 aliphatic carbocycles. The number of aromatic nitrogens is 2. The zero-order valence-electron chi connectivity index (χ0n) is 7.42. The van der Waals surface area contributed by atoms with Gasteiger partial charge < -0.3 is 5.73 Å². The van der Waals surface area contributed by atoms with Crippen molar-refractivity contribution >= 4 is 15.9 Å². The Balaban J connectivity index is 3.01. The molecule has 1 atom stereocenters. The molecular weight excluding hydrogens is 218 g/mol. The van der Waals surface area contributed by atoms with Crippen molar-refractivity contribution in [2.75, 3.05) is 6.54 Å². The van der Waals surface area contributed by atoms with Crippen LogP contribution in [0.3, 0.4) is 0 Å². The summed E-state index contributed by atoms with van der Waals surface area (Å²) in [5.74, 6) is 0.363. The Hall–Kier alpha value is -0.350. The molecule has 0 spiro atoms. The molecule has 0 aliphatic heterocycles. The smallest absolute Gasteiger partial charge is 0.0635 e. The number of hydrogen-bond donors (Lipinski definition) is 1. The molecule has 0 saturated carbocycles. The van der Waals surface area contributed by atoms with Gasteiger partial charge in [-0.3, -0.25) is 4.68 Å². The second kappa shape index (κ2) is 4.05. The van der Waals surface area contributed by atoms with Crippen LogP contribution < -0.4 is 5.73 Å². The van der Waals surface area contributed by atoms with Crippen molar-refractivity contribution in [2.24, 2.45) is 5.73 Å². The second-order valence-electron chi connectivity index (χ2n) is 2.83. The summed E-state index contributed by atoms with van der Waals surface area (Å²) in [5, 5.41) is 4.22. The van der Waals surface area contributed by atoms with Crippen LogP contribution in [0.5, 0.6) is 0 Å². The van der Waals surface area contributed by atoms with Crippen LogP contribution in [0, 0.1) is 0 Å². The Labute approximate surface area is 81.1 Å². The summed E-state index contributed by atoms with van der Waals surface area (Å²) in [4.78, 5) is 0. The molecule has 3 nitrogen and oxygen atoms in total. The predicted octanol–water partition coefficient (Wildman–Crippen LogP) is 1.73. The third-order valence-electron chi connectivity index (χ3n) is 1.95. The first-order valence-electron chi connectivity index (χ1n) is 4.12. The average Bonchev–Trinajstić information content (AvgIpc) is 2.45. The molecule has 1 aromatic rings. The van der Waals surface area contributed by atoms with Crippen LogP contribution in [0.4, 0.5) is 0 Å². The lowest BCUT2D eigenvalue weighted by molar-refractivity contribution is 0.583. The van der Waals surface area contributed by atoms with Crippen molar-refractivity contribution in [3.8, 4) is 0 Å². The van der Waals surface area contributed by atoms with Crippen LogP contribution in [0.2, 0.25) is 0 Å². The van der Waals surface area contributed by atoms with Gasteiger partial charge in [0.05, 0.1) is 16.4 Å². The monoisotopic (exact) mass is 231 g/mol. The van der Waals surface area contributed by atoms with Crippen molar-refractivity contribution in [2.45, 2.75) is 26.3 Å². The highest BCUT2D eigenvalue weighted by Gasteiger charge is 2.13. The van der Waals surface area contributed by atoms with Crippen molar-refractivity contribution in [1.82, 2.24) is 9.78 Å². The third kappa shape index (κ3) is 1.69. The summed E-state index contributed by atoms with van der Waals surface area (Å²) in [6.45, 7) is 5.73. The fourth-order valence-electron chi connectivity index (χ4n) is 1.23. The standard InChI is InChI=1S/C8H14BrN3/c1-3-12-8(6(2)4-10)7(9)5-11-12/h5-6H,3-4,10H2,1-2H3. The number of halogens is 1.